The van der Waals surface area contributed by atoms with Crippen molar-refractivity contribution in [2.24, 2.45) is 7.05 Å². The van der Waals surface area contributed by atoms with Crippen LogP contribution < -0.4 is 4.72 Å². The standard InChI is InChI=1S/C11H19N3O3S/c1-8-12-11(7-14(8)2)18(16,17)13-9-5-3-4-6-10(9)15/h7,9-10,13,15H,3-6H2,1-2H3/t9-,10-/m0/s1. The summed E-state index contributed by atoms with van der Waals surface area (Å²) in [5.74, 6) is 0.638. The zero-order chi connectivity index (χ0) is 13.3. The summed E-state index contributed by atoms with van der Waals surface area (Å²) in [6.07, 6.45) is 4.08. The molecule has 2 atom stereocenters. The molecule has 1 aliphatic carbocycles. The van der Waals surface area contributed by atoms with E-state index in [0.29, 0.717) is 18.7 Å². The molecule has 0 aliphatic heterocycles. The topological polar surface area (TPSA) is 84.2 Å². The Morgan fingerprint density at radius 3 is 2.67 bits per heavy atom. The van der Waals surface area contributed by atoms with Gasteiger partial charge < -0.3 is 9.67 Å². The van der Waals surface area contributed by atoms with Crippen molar-refractivity contribution in [3.05, 3.63) is 12.0 Å². The van der Waals surface area contributed by atoms with Crippen LogP contribution >= 0.6 is 0 Å². The Morgan fingerprint density at radius 1 is 1.44 bits per heavy atom. The molecule has 0 spiro atoms. The summed E-state index contributed by atoms with van der Waals surface area (Å²) < 4.78 is 28.4. The van der Waals surface area contributed by atoms with E-state index in [9.17, 15) is 13.5 Å². The number of aliphatic hydroxyl groups is 1. The van der Waals surface area contributed by atoms with E-state index in [4.69, 9.17) is 0 Å². The third kappa shape index (κ3) is 2.73. The summed E-state index contributed by atoms with van der Waals surface area (Å²) in [6.45, 7) is 1.74. The number of sulfonamides is 1. The summed E-state index contributed by atoms with van der Waals surface area (Å²) >= 11 is 0. The maximum absolute atomic E-state index is 12.1. The Morgan fingerprint density at radius 2 is 2.11 bits per heavy atom. The van der Waals surface area contributed by atoms with Gasteiger partial charge in [0.05, 0.1) is 6.10 Å². The van der Waals surface area contributed by atoms with Gasteiger partial charge in [0.1, 0.15) is 5.82 Å². The van der Waals surface area contributed by atoms with E-state index in [1.807, 2.05) is 0 Å². The average molecular weight is 273 g/mol. The summed E-state index contributed by atoms with van der Waals surface area (Å²) in [7, 11) is -1.89. The number of aromatic nitrogens is 2. The number of nitrogens with zero attached hydrogens (tertiary/aromatic N) is 2. The molecule has 2 N–H and O–H groups in total. The van der Waals surface area contributed by atoms with Crippen molar-refractivity contribution in [3.63, 3.8) is 0 Å². The number of hydrogen-bond acceptors (Lipinski definition) is 4. The van der Waals surface area contributed by atoms with Crippen LogP contribution in [0, 0.1) is 6.92 Å². The third-order valence-corrected chi connectivity index (χ3v) is 4.76. The van der Waals surface area contributed by atoms with Crippen LogP contribution in [0.1, 0.15) is 31.5 Å². The highest BCUT2D eigenvalue weighted by Gasteiger charge is 2.29. The minimum absolute atomic E-state index is 0.0141. The first-order chi connectivity index (χ1) is 8.40. The number of rotatable bonds is 3. The van der Waals surface area contributed by atoms with Crippen molar-refractivity contribution in [1.29, 1.82) is 0 Å². The lowest BCUT2D eigenvalue weighted by molar-refractivity contribution is 0.101. The van der Waals surface area contributed by atoms with Crippen LogP contribution in [0.4, 0.5) is 0 Å². The van der Waals surface area contributed by atoms with Crippen molar-refractivity contribution < 1.29 is 13.5 Å². The van der Waals surface area contributed by atoms with Gasteiger partial charge in [-0.25, -0.2) is 18.1 Å². The van der Waals surface area contributed by atoms with Crippen LogP contribution in [0.2, 0.25) is 0 Å². The summed E-state index contributed by atoms with van der Waals surface area (Å²) in [6, 6.07) is -0.397. The van der Waals surface area contributed by atoms with Gasteiger partial charge in [-0.2, -0.15) is 0 Å². The molecule has 1 saturated carbocycles. The fraction of sp³-hybridized carbons (Fsp3) is 0.727. The fourth-order valence-electron chi connectivity index (χ4n) is 2.16. The van der Waals surface area contributed by atoms with E-state index in [1.165, 1.54) is 6.20 Å². The largest absolute Gasteiger partial charge is 0.391 e. The van der Waals surface area contributed by atoms with Crippen molar-refractivity contribution >= 4 is 10.0 Å². The second-order valence-corrected chi connectivity index (χ2v) is 6.48. The molecule has 0 unspecified atom stereocenters. The highest BCUT2D eigenvalue weighted by molar-refractivity contribution is 7.89. The Bertz CT molecular complexity index is 504. The van der Waals surface area contributed by atoms with E-state index in [0.717, 1.165) is 12.8 Å². The summed E-state index contributed by atoms with van der Waals surface area (Å²) in [4.78, 5) is 4.00. The quantitative estimate of drug-likeness (QED) is 0.830. The fourth-order valence-corrected chi connectivity index (χ4v) is 3.51. The molecular weight excluding hydrogens is 254 g/mol. The Kier molecular flexibility index (Phi) is 3.74. The maximum Gasteiger partial charge on any atom is 0.259 e. The highest BCUT2D eigenvalue weighted by Crippen LogP contribution is 2.20. The number of imidazole rings is 1. The minimum atomic E-state index is -3.64. The molecule has 1 heterocycles. The molecule has 0 saturated heterocycles. The molecule has 7 heteroatoms. The van der Waals surface area contributed by atoms with Crippen LogP contribution in [0.15, 0.2) is 11.2 Å². The molecule has 0 amide bonds. The third-order valence-electron chi connectivity index (χ3n) is 3.40. The molecule has 0 aromatic carbocycles. The summed E-state index contributed by atoms with van der Waals surface area (Å²) in [5, 5.41) is 9.80. The number of hydrogen-bond donors (Lipinski definition) is 2. The normalized spacial score (nSPS) is 25.3. The Hall–Kier alpha value is -0.920. The zero-order valence-corrected chi connectivity index (χ0v) is 11.4. The van der Waals surface area contributed by atoms with Crippen LogP contribution in [0.3, 0.4) is 0 Å². The van der Waals surface area contributed by atoms with E-state index < -0.39 is 22.2 Å². The smallest absolute Gasteiger partial charge is 0.259 e. The molecular formula is C11H19N3O3S. The molecule has 0 bridgehead atoms. The van der Waals surface area contributed by atoms with Crippen LogP contribution in [-0.2, 0) is 17.1 Å². The van der Waals surface area contributed by atoms with Gasteiger partial charge in [-0.15, -0.1) is 0 Å². The SMILES string of the molecule is Cc1nc(S(=O)(=O)N[C@H]2CCCC[C@@H]2O)cn1C. The van der Waals surface area contributed by atoms with Gasteiger partial charge in [0.25, 0.3) is 10.0 Å². The first kappa shape index (κ1) is 13.5. The van der Waals surface area contributed by atoms with Crippen molar-refractivity contribution in [2.45, 2.75) is 49.8 Å². The highest BCUT2D eigenvalue weighted by atomic mass is 32.2. The van der Waals surface area contributed by atoms with Gasteiger partial charge in [0.15, 0.2) is 5.03 Å². The molecule has 1 aliphatic rings. The second-order valence-electron chi connectivity index (χ2n) is 4.82. The molecule has 1 fully saturated rings. The Labute approximate surface area is 107 Å². The van der Waals surface area contributed by atoms with Gasteiger partial charge >= 0.3 is 0 Å². The van der Waals surface area contributed by atoms with Crippen molar-refractivity contribution in [3.8, 4) is 0 Å². The van der Waals surface area contributed by atoms with E-state index in [2.05, 4.69) is 9.71 Å². The minimum Gasteiger partial charge on any atom is -0.391 e. The zero-order valence-electron chi connectivity index (χ0n) is 10.6. The van der Waals surface area contributed by atoms with Gasteiger partial charge in [0.2, 0.25) is 0 Å². The molecule has 18 heavy (non-hydrogen) atoms. The molecule has 1 aromatic heterocycles. The number of aryl methyl sites for hydroxylation is 2. The molecule has 0 radical (unpaired) electrons. The Balaban J connectivity index is 2.16. The maximum atomic E-state index is 12.1. The van der Waals surface area contributed by atoms with Crippen molar-refractivity contribution in [2.75, 3.05) is 0 Å². The van der Waals surface area contributed by atoms with Crippen molar-refractivity contribution in [1.82, 2.24) is 14.3 Å². The second kappa shape index (κ2) is 4.99. The lowest BCUT2D eigenvalue weighted by atomic mass is 9.93. The van der Waals surface area contributed by atoms with E-state index >= 15 is 0 Å². The number of aliphatic hydroxyl groups excluding tert-OH is 1. The van der Waals surface area contributed by atoms with Gasteiger partial charge in [-0.05, 0) is 19.8 Å². The van der Waals surface area contributed by atoms with Crippen LogP contribution in [-0.4, -0.2) is 35.2 Å². The van der Waals surface area contributed by atoms with E-state index in [1.54, 1.807) is 18.5 Å². The number of nitrogens with one attached hydrogen (secondary N) is 1. The van der Waals surface area contributed by atoms with E-state index in [-0.39, 0.29) is 5.03 Å². The van der Waals surface area contributed by atoms with Crippen LogP contribution in [0.25, 0.3) is 0 Å². The average Bonchev–Trinajstić information content (AvgIpc) is 2.63. The molecule has 2 rings (SSSR count). The predicted octanol–water partition coefficient (Wildman–Crippen LogP) is 0.310. The first-order valence-corrected chi connectivity index (χ1v) is 7.59. The summed E-state index contributed by atoms with van der Waals surface area (Å²) in [5.41, 5.74) is 0. The predicted molar refractivity (Wildman–Crippen MR) is 66.5 cm³/mol. The molecule has 6 nitrogen and oxygen atoms in total. The lowest BCUT2D eigenvalue weighted by Gasteiger charge is -2.27. The van der Waals surface area contributed by atoms with Gasteiger partial charge in [0, 0.05) is 19.3 Å². The first-order valence-electron chi connectivity index (χ1n) is 6.10. The monoisotopic (exact) mass is 273 g/mol. The van der Waals surface area contributed by atoms with Gasteiger partial charge in [-0.3, -0.25) is 0 Å². The molecule has 102 valence electrons. The molecule has 1 aromatic rings. The lowest BCUT2D eigenvalue weighted by Crippen LogP contribution is -2.45. The van der Waals surface area contributed by atoms with Crippen LogP contribution in [0.5, 0.6) is 0 Å². The van der Waals surface area contributed by atoms with Gasteiger partial charge in [-0.1, -0.05) is 12.8 Å².